The molecule has 1 saturated heterocycles. The summed E-state index contributed by atoms with van der Waals surface area (Å²) in [4.78, 5) is 8.68. The van der Waals surface area contributed by atoms with E-state index in [9.17, 15) is 4.39 Å². The smallest absolute Gasteiger partial charge is 0.191 e. The number of nitrogens with one attached hydrogen (secondary N) is 2. The molecule has 7 heteroatoms. The molecule has 0 saturated carbocycles. The average molecular weight is 365 g/mol. The fourth-order valence-electron chi connectivity index (χ4n) is 3.01. The summed E-state index contributed by atoms with van der Waals surface area (Å²) in [6.07, 6.45) is 0. The first-order valence-electron chi connectivity index (χ1n) is 9.45. The van der Waals surface area contributed by atoms with Crippen LogP contribution >= 0.6 is 0 Å². The number of piperazine rings is 1. The van der Waals surface area contributed by atoms with Crippen molar-refractivity contribution in [3.63, 3.8) is 0 Å². The van der Waals surface area contributed by atoms with Gasteiger partial charge in [-0.25, -0.2) is 4.39 Å². The molecule has 0 amide bonds. The Hall–Kier alpha value is -1.86. The van der Waals surface area contributed by atoms with Crippen LogP contribution in [0.4, 0.5) is 10.1 Å². The first kappa shape index (κ1) is 20.5. The predicted octanol–water partition coefficient (Wildman–Crippen LogP) is 1.67. The van der Waals surface area contributed by atoms with Crippen molar-refractivity contribution in [2.24, 2.45) is 4.99 Å². The number of nitrogens with zero attached hydrogens (tertiary/aromatic N) is 3. The normalized spacial score (nSPS) is 16.0. The van der Waals surface area contributed by atoms with Gasteiger partial charge in [0.25, 0.3) is 0 Å². The monoisotopic (exact) mass is 365 g/mol. The van der Waals surface area contributed by atoms with Crippen LogP contribution in [0.3, 0.4) is 0 Å². The highest BCUT2D eigenvalue weighted by Gasteiger charge is 2.18. The van der Waals surface area contributed by atoms with Crippen molar-refractivity contribution < 1.29 is 9.13 Å². The molecule has 1 aliphatic heterocycles. The minimum absolute atomic E-state index is 0.159. The van der Waals surface area contributed by atoms with Gasteiger partial charge in [0.15, 0.2) is 5.96 Å². The maximum absolute atomic E-state index is 14.6. The fourth-order valence-corrected chi connectivity index (χ4v) is 3.01. The van der Waals surface area contributed by atoms with E-state index in [2.05, 4.69) is 32.3 Å². The molecule has 146 valence electrons. The van der Waals surface area contributed by atoms with E-state index < -0.39 is 0 Å². The van der Waals surface area contributed by atoms with Crippen molar-refractivity contribution in [3.05, 3.63) is 29.6 Å². The second-order valence-electron chi connectivity index (χ2n) is 6.26. The maximum Gasteiger partial charge on any atom is 0.191 e. The van der Waals surface area contributed by atoms with Crippen LogP contribution in [0.5, 0.6) is 0 Å². The Morgan fingerprint density at radius 2 is 1.96 bits per heavy atom. The molecule has 0 radical (unpaired) electrons. The zero-order valence-corrected chi connectivity index (χ0v) is 16.2. The molecule has 1 aliphatic rings. The Morgan fingerprint density at radius 3 is 2.58 bits per heavy atom. The van der Waals surface area contributed by atoms with Gasteiger partial charge in [0.2, 0.25) is 0 Å². The molecule has 0 spiro atoms. The van der Waals surface area contributed by atoms with Gasteiger partial charge < -0.3 is 25.2 Å². The van der Waals surface area contributed by atoms with E-state index in [4.69, 9.17) is 4.74 Å². The van der Waals surface area contributed by atoms with Gasteiger partial charge in [-0.1, -0.05) is 13.0 Å². The average Bonchev–Trinajstić information content (AvgIpc) is 2.68. The van der Waals surface area contributed by atoms with E-state index in [0.29, 0.717) is 38.0 Å². The van der Waals surface area contributed by atoms with E-state index in [1.54, 1.807) is 13.1 Å². The molecule has 2 rings (SSSR count). The van der Waals surface area contributed by atoms with Gasteiger partial charge in [-0.3, -0.25) is 4.99 Å². The topological polar surface area (TPSA) is 52.1 Å². The van der Waals surface area contributed by atoms with Gasteiger partial charge in [0, 0.05) is 52.9 Å². The summed E-state index contributed by atoms with van der Waals surface area (Å²) in [5.41, 5.74) is 1.59. The van der Waals surface area contributed by atoms with Crippen LogP contribution in [0.25, 0.3) is 0 Å². The van der Waals surface area contributed by atoms with Gasteiger partial charge in [-0.2, -0.15) is 0 Å². The van der Waals surface area contributed by atoms with Crippen LogP contribution in [0, 0.1) is 5.82 Å². The largest absolute Gasteiger partial charge is 0.380 e. The molecule has 0 unspecified atom stereocenters. The van der Waals surface area contributed by atoms with Crippen LogP contribution in [-0.2, 0) is 11.3 Å². The lowest BCUT2D eigenvalue weighted by molar-refractivity contribution is 0.152. The Bertz CT molecular complexity index is 573. The first-order valence-corrected chi connectivity index (χ1v) is 9.45. The van der Waals surface area contributed by atoms with Gasteiger partial charge >= 0.3 is 0 Å². The summed E-state index contributed by atoms with van der Waals surface area (Å²) in [6, 6.07) is 5.48. The number of likely N-dealkylation sites (N-methyl/N-ethyl adjacent to an activating group) is 1. The molecule has 26 heavy (non-hydrogen) atoms. The number of hydrogen-bond acceptors (Lipinski definition) is 4. The molecule has 2 N–H and O–H groups in total. The van der Waals surface area contributed by atoms with E-state index in [1.165, 1.54) is 0 Å². The number of ether oxygens (including phenoxy) is 1. The molecular formula is C19H32FN5O. The van der Waals surface area contributed by atoms with Gasteiger partial charge in [0.05, 0.1) is 12.3 Å². The number of hydrogen-bond donors (Lipinski definition) is 2. The molecule has 1 heterocycles. The van der Waals surface area contributed by atoms with Crippen LogP contribution in [0.1, 0.15) is 19.4 Å². The van der Waals surface area contributed by atoms with E-state index >= 15 is 0 Å². The van der Waals surface area contributed by atoms with Crippen molar-refractivity contribution in [1.29, 1.82) is 0 Å². The minimum atomic E-state index is -0.159. The van der Waals surface area contributed by atoms with Crippen LogP contribution in [-0.4, -0.2) is 70.4 Å². The number of anilines is 1. The third-order valence-electron chi connectivity index (χ3n) is 4.60. The van der Waals surface area contributed by atoms with E-state index in [0.717, 1.165) is 38.3 Å². The lowest BCUT2D eigenvalue weighted by atomic mass is 10.1. The molecule has 6 nitrogen and oxygen atoms in total. The fraction of sp³-hybridized carbons (Fsp3) is 0.632. The Balaban J connectivity index is 1.85. The quantitative estimate of drug-likeness (QED) is 0.417. The third kappa shape index (κ3) is 6.14. The summed E-state index contributed by atoms with van der Waals surface area (Å²) in [5.74, 6) is 0.526. The predicted molar refractivity (Wildman–Crippen MR) is 105 cm³/mol. The van der Waals surface area contributed by atoms with Gasteiger partial charge in [-0.15, -0.1) is 0 Å². The molecule has 1 aromatic carbocycles. The molecule has 0 bridgehead atoms. The number of aliphatic imine (C=N–C) groups is 1. The second kappa shape index (κ2) is 11.0. The van der Waals surface area contributed by atoms with E-state index in [1.807, 2.05) is 19.1 Å². The van der Waals surface area contributed by atoms with Crippen LogP contribution < -0.4 is 15.5 Å². The van der Waals surface area contributed by atoms with Crippen molar-refractivity contribution in [3.8, 4) is 0 Å². The minimum Gasteiger partial charge on any atom is -0.380 e. The summed E-state index contributed by atoms with van der Waals surface area (Å²) < 4.78 is 19.9. The Labute approximate surface area is 156 Å². The molecular weight excluding hydrogens is 333 g/mol. The van der Waals surface area contributed by atoms with Gasteiger partial charge in [-0.05, 0) is 31.2 Å². The number of rotatable bonds is 8. The van der Waals surface area contributed by atoms with Crippen molar-refractivity contribution >= 4 is 11.6 Å². The Kier molecular flexibility index (Phi) is 8.64. The maximum atomic E-state index is 14.6. The third-order valence-corrected chi connectivity index (χ3v) is 4.60. The summed E-state index contributed by atoms with van der Waals surface area (Å²) in [5, 5.41) is 6.37. The van der Waals surface area contributed by atoms with Gasteiger partial charge in [0.1, 0.15) is 5.82 Å². The molecule has 1 aromatic rings. The molecule has 0 atom stereocenters. The van der Waals surface area contributed by atoms with E-state index in [-0.39, 0.29) is 5.82 Å². The molecule has 0 aromatic heterocycles. The zero-order valence-electron chi connectivity index (χ0n) is 16.2. The van der Waals surface area contributed by atoms with Crippen LogP contribution in [0.2, 0.25) is 0 Å². The highest BCUT2D eigenvalue weighted by atomic mass is 19.1. The lowest BCUT2D eigenvalue weighted by Gasteiger charge is -2.35. The number of benzene rings is 1. The number of guanidine groups is 1. The molecule has 0 aliphatic carbocycles. The molecule has 1 fully saturated rings. The number of halogens is 1. The zero-order chi connectivity index (χ0) is 18.8. The van der Waals surface area contributed by atoms with Crippen molar-refractivity contribution in [1.82, 2.24) is 15.5 Å². The Morgan fingerprint density at radius 1 is 1.19 bits per heavy atom. The SMILES string of the molecule is CCOCCNC(=NC)NCc1ccc(N2CCN(CC)CC2)c(F)c1. The lowest BCUT2D eigenvalue weighted by Crippen LogP contribution is -2.46. The highest BCUT2D eigenvalue weighted by molar-refractivity contribution is 5.79. The summed E-state index contributed by atoms with van der Waals surface area (Å²) in [6.45, 7) is 11.5. The van der Waals surface area contributed by atoms with Crippen LogP contribution in [0.15, 0.2) is 23.2 Å². The summed E-state index contributed by atoms with van der Waals surface area (Å²) in [7, 11) is 1.72. The second-order valence-corrected chi connectivity index (χ2v) is 6.26. The standard InChI is InChI=1S/C19H32FN5O/c1-4-24-9-11-25(12-10-24)18-7-6-16(14-17(18)20)15-23-19(21-3)22-8-13-26-5-2/h6-7,14H,4-5,8-13,15H2,1-3H3,(H2,21,22,23). The highest BCUT2D eigenvalue weighted by Crippen LogP contribution is 2.22. The van der Waals surface area contributed by atoms with Crippen molar-refractivity contribution in [2.75, 3.05) is 64.4 Å². The summed E-state index contributed by atoms with van der Waals surface area (Å²) >= 11 is 0. The first-order chi connectivity index (χ1) is 12.7. The van der Waals surface area contributed by atoms with Crippen molar-refractivity contribution in [2.45, 2.75) is 20.4 Å².